The maximum Gasteiger partial charge on any atom is 0.206 e. The van der Waals surface area contributed by atoms with Crippen LogP contribution in [-0.4, -0.2) is 64.5 Å². The minimum Gasteiger partial charge on any atom is -0.507 e. The highest BCUT2D eigenvalue weighted by atomic mass is 16.3. The number of piperazine rings is 1. The van der Waals surface area contributed by atoms with Gasteiger partial charge in [0.05, 0.1) is 17.9 Å². The molecular weight excluding hydrogens is 404 g/mol. The van der Waals surface area contributed by atoms with Gasteiger partial charge in [0.2, 0.25) is 5.82 Å². The van der Waals surface area contributed by atoms with E-state index in [9.17, 15) is 5.11 Å². The Kier molecular flexibility index (Phi) is 6.33. The quantitative estimate of drug-likeness (QED) is 0.530. The fourth-order valence-electron chi connectivity index (χ4n) is 3.76. The van der Waals surface area contributed by atoms with Crippen LogP contribution in [0.1, 0.15) is 12.7 Å². The number of phenols is 1. The third kappa shape index (κ3) is 4.55. The van der Waals surface area contributed by atoms with Crippen molar-refractivity contribution in [3.63, 3.8) is 0 Å². The number of para-hydroxylation sites is 1. The van der Waals surface area contributed by atoms with E-state index in [0.29, 0.717) is 29.4 Å². The van der Waals surface area contributed by atoms with Gasteiger partial charge in [-0.15, -0.1) is 10.2 Å². The summed E-state index contributed by atoms with van der Waals surface area (Å²) < 4.78 is 0. The number of aromatic hydroxyl groups is 1. The zero-order valence-electron chi connectivity index (χ0n) is 18.2. The molecule has 0 radical (unpaired) electrons. The topological polar surface area (TPSA) is 116 Å². The molecule has 0 bridgehead atoms. The maximum absolute atomic E-state index is 10.2. The first-order valence-corrected chi connectivity index (χ1v) is 10.5. The predicted octanol–water partition coefficient (Wildman–Crippen LogP) is 1.51. The Morgan fingerprint density at radius 2 is 2.06 bits per heavy atom. The summed E-state index contributed by atoms with van der Waals surface area (Å²) >= 11 is 0. The van der Waals surface area contributed by atoms with E-state index in [-0.39, 0.29) is 11.8 Å². The number of rotatable bonds is 4. The Hall–Kier alpha value is -3.90. The second-order valence-electron chi connectivity index (χ2n) is 7.58. The third-order valence-corrected chi connectivity index (χ3v) is 5.35. The highest BCUT2D eigenvalue weighted by molar-refractivity contribution is 5.74. The zero-order chi connectivity index (χ0) is 22.5. The minimum absolute atomic E-state index is 0.154. The van der Waals surface area contributed by atoms with E-state index >= 15 is 0 Å². The van der Waals surface area contributed by atoms with Crippen molar-refractivity contribution < 1.29 is 5.11 Å². The first-order valence-electron chi connectivity index (χ1n) is 10.5. The van der Waals surface area contributed by atoms with Crippen molar-refractivity contribution in [2.75, 3.05) is 48.8 Å². The lowest BCUT2D eigenvalue weighted by Gasteiger charge is -2.41. The van der Waals surface area contributed by atoms with Crippen molar-refractivity contribution >= 4 is 17.3 Å². The normalized spacial score (nSPS) is 15.9. The van der Waals surface area contributed by atoms with E-state index in [0.717, 1.165) is 31.1 Å². The van der Waals surface area contributed by atoms with Crippen LogP contribution in [-0.2, 0) is 0 Å². The first-order chi connectivity index (χ1) is 15.6. The monoisotopic (exact) mass is 430 g/mol. The van der Waals surface area contributed by atoms with Gasteiger partial charge in [-0.1, -0.05) is 18.1 Å². The molecule has 1 aliphatic rings. The van der Waals surface area contributed by atoms with Gasteiger partial charge in [-0.3, -0.25) is 0 Å². The van der Waals surface area contributed by atoms with E-state index in [4.69, 9.17) is 5.73 Å². The number of nitrogens with two attached hydrogens (primary N) is 1. The number of aromatic nitrogens is 4. The molecule has 9 heteroatoms. The fraction of sp³-hybridized carbons (Fsp3) is 0.304. The second-order valence-corrected chi connectivity index (χ2v) is 7.58. The number of nitrogen functional groups attached to an aromatic ring is 1. The van der Waals surface area contributed by atoms with Crippen LogP contribution in [0.25, 0.3) is 11.3 Å². The molecule has 1 aliphatic heterocycles. The molecule has 1 saturated heterocycles. The molecule has 3 aromatic rings. The standard InChI is InChI=1S/C23H26N8O/c1-16-15-30(22-9-11-26-21(27-22)8-5-10-25-2)12-13-31(16)19-14-18(28-29-23(19)24)17-6-3-4-7-20(17)32/h3-4,6-7,9,11,14,16,25,32H,10,12-13,15H2,1-2H3,(H2,24,29)/t16-/m1/s1. The van der Waals surface area contributed by atoms with E-state index in [2.05, 4.69) is 54.0 Å². The van der Waals surface area contributed by atoms with Gasteiger partial charge in [-0.2, -0.15) is 0 Å². The second kappa shape index (κ2) is 9.49. The Labute approximate surface area is 187 Å². The van der Waals surface area contributed by atoms with Crippen LogP contribution in [0.15, 0.2) is 42.6 Å². The molecule has 9 nitrogen and oxygen atoms in total. The molecule has 2 aromatic heterocycles. The zero-order valence-corrected chi connectivity index (χ0v) is 18.2. The van der Waals surface area contributed by atoms with E-state index in [1.54, 1.807) is 18.3 Å². The number of phenolic OH excluding ortho intramolecular Hbond substituents is 1. The largest absolute Gasteiger partial charge is 0.507 e. The summed E-state index contributed by atoms with van der Waals surface area (Å²) in [6.45, 7) is 4.99. The van der Waals surface area contributed by atoms with E-state index < -0.39 is 0 Å². The summed E-state index contributed by atoms with van der Waals surface area (Å²) in [6.07, 6.45) is 1.74. The Morgan fingerprint density at radius 1 is 1.22 bits per heavy atom. The Bertz CT molecular complexity index is 1160. The lowest BCUT2D eigenvalue weighted by Crippen LogP contribution is -2.52. The van der Waals surface area contributed by atoms with Crippen molar-refractivity contribution in [1.82, 2.24) is 25.5 Å². The van der Waals surface area contributed by atoms with Gasteiger partial charge >= 0.3 is 0 Å². The lowest BCUT2D eigenvalue weighted by atomic mass is 10.1. The maximum atomic E-state index is 10.2. The molecule has 1 atom stereocenters. The van der Waals surface area contributed by atoms with Gasteiger partial charge in [-0.05, 0) is 44.2 Å². The molecule has 0 saturated carbocycles. The molecular formula is C23H26N8O. The molecule has 164 valence electrons. The Morgan fingerprint density at radius 3 is 2.84 bits per heavy atom. The van der Waals surface area contributed by atoms with E-state index in [1.165, 1.54) is 0 Å². The number of benzene rings is 1. The molecule has 0 aliphatic carbocycles. The van der Waals surface area contributed by atoms with Crippen LogP contribution in [0.2, 0.25) is 0 Å². The molecule has 32 heavy (non-hydrogen) atoms. The highest BCUT2D eigenvalue weighted by Crippen LogP contribution is 2.33. The summed E-state index contributed by atoms with van der Waals surface area (Å²) in [5, 5.41) is 21.5. The number of hydrogen-bond acceptors (Lipinski definition) is 9. The number of anilines is 3. The molecule has 3 heterocycles. The van der Waals surface area contributed by atoms with E-state index in [1.807, 2.05) is 31.3 Å². The molecule has 0 amide bonds. The van der Waals surface area contributed by atoms with Crippen molar-refractivity contribution in [1.29, 1.82) is 0 Å². The third-order valence-electron chi connectivity index (χ3n) is 5.35. The highest BCUT2D eigenvalue weighted by Gasteiger charge is 2.27. The van der Waals surface area contributed by atoms with Crippen molar-refractivity contribution in [3.05, 3.63) is 48.4 Å². The van der Waals surface area contributed by atoms with Gasteiger partial charge in [0, 0.05) is 37.4 Å². The van der Waals surface area contributed by atoms with Crippen LogP contribution in [0.5, 0.6) is 5.75 Å². The summed E-state index contributed by atoms with van der Waals surface area (Å²) in [6, 6.07) is 11.0. The van der Waals surface area contributed by atoms with Gasteiger partial charge < -0.3 is 26.0 Å². The van der Waals surface area contributed by atoms with Gasteiger partial charge in [-0.25, -0.2) is 9.97 Å². The van der Waals surface area contributed by atoms with Crippen LogP contribution in [0, 0.1) is 11.8 Å². The molecule has 4 rings (SSSR count). The summed E-state index contributed by atoms with van der Waals surface area (Å²) in [4.78, 5) is 13.3. The SMILES string of the molecule is CNCC#Cc1nccc(N2CCN(c3cc(-c4ccccc4O)nnc3N)[C@H](C)C2)n1. The summed E-state index contributed by atoms with van der Waals surface area (Å²) in [5.41, 5.74) is 8.21. The molecule has 0 spiro atoms. The predicted molar refractivity (Wildman–Crippen MR) is 125 cm³/mol. The number of hydrogen-bond donors (Lipinski definition) is 3. The summed E-state index contributed by atoms with van der Waals surface area (Å²) in [7, 11) is 1.85. The van der Waals surface area contributed by atoms with Crippen LogP contribution in [0.4, 0.5) is 17.3 Å². The smallest absolute Gasteiger partial charge is 0.206 e. The minimum atomic E-state index is 0.154. The van der Waals surface area contributed by atoms with Gasteiger partial charge in [0.1, 0.15) is 11.6 Å². The molecule has 1 aromatic carbocycles. The van der Waals surface area contributed by atoms with Gasteiger partial charge in [0.25, 0.3) is 0 Å². The van der Waals surface area contributed by atoms with Crippen molar-refractivity contribution in [2.45, 2.75) is 13.0 Å². The average molecular weight is 431 g/mol. The van der Waals surface area contributed by atoms with Crippen LogP contribution in [0.3, 0.4) is 0 Å². The molecule has 4 N–H and O–H groups in total. The summed E-state index contributed by atoms with van der Waals surface area (Å²) in [5.74, 6) is 7.87. The molecule has 1 fully saturated rings. The first kappa shape index (κ1) is 21.3. The van der Waals surface area contributed by atoms with Crippen LogP contribution >= 0.6 is 0 Å². The average Bonchev–Trinajstić information content (AvgIpc) is 2.80. The van der Waals surface area contributed by atoms with Gasteiger partial charge in [0.15, 0.2) is 5.82 Å². The molecule has 0 unspecified atom stereocenters. The van der Waals surface area contributed by atoms with Crippen molar-refractivity contribution in [2.24, 2.45) is 0 Å². The lowest BCUT2D eigenvalue weighted by molar-refractivity contribution is 0.477. The van der Waals surface area contributed by atoms with Crippen LogP contribution < -0.4 is 20.9 Å². The fourth-order valence-corrected chi connectivity index (χ4v) is 3.76. The Balaban J connectivity index is 1.53. The number of nitrogens with zero attached hydrogens (tertiary/aromatic N) is 6. The number of nitrogens with one attached hydrogen (secondary N) is 1. The van der Waals surface area contributed by atoms with Crippen molar-refractivity contribution in [3.8, 4) is 28.8 Å².